The van der Waals surface area contributed by atoms with Gasteiger partial charge in [-0.1, -0.05) is 0 Å². The number of amides is 1. The number of aromatic amines is 1. The third-order valence-electron chi connectivity index (χ3n) is 3.63. The van der Waals surface area contributed by atoms with Crippen LogP contribution in [0, 0.1) is 20.8 Å². The molecule has 0 radical (unpaired) electrons. The van der Waals surface area contributed by atoms with E-state index in [0.717, 1.165) is 5.56 Å². The van der Waals surface area contributed by atoms with Gasteiger partial charge < -0.3 is 15.0 Å². The highest BCUT2D eigenvalue weighted by molar-refractivity contribution is 7.18. The fraction of sp³-hybridized carbons (Fsp3) is 0.353. The maximum Gasteiger partial charge on any atom is 0.348 e. The third kappa shape index (κ3) is 3.41. The molecule has 0 bridgehead atoms. The zero-order valence-corrected chi connectivity index (χ0v) is 15.1. The summed E-state index contributed by atoms with van der Waals surface area (Å²) in [5, 5.41) is 3.32. The predicted octanol–water partition coefficient (Wildman–Crippen LogP) is 3.63. The van der Waals surface area contributed by atoms with Crippen LogP contribution in [0.2, 0.25) is 0 Å². The van der Waals surface area contributed by atoms with Crippen molar-refractivity contribution < 1.29 is 19.1 Å². The summed E-state index contributed by atoms with van der Waals surface area (Å²) >= 11 is 1.17. The highest BCUT2D eigenvalue weighted by Crippen LogP contribution is 2.28. The zero-order chi connectivity index (χ0) is 18.0. The number of esters is 1. The molecule has 1 amide bonds. The Balaban J connectivity index is 2.25. The van der Waals surface area contributed by atoms with E-state index in [1.165, 1.54) is 18.3 Å². The molecule has 24 heavy (non-hydrogen) atoms. The van der Waals surface area contributed by atoms with Gasteiger partial charge >= 0.3 is 5.97 Å². The van der Waals surface area contributed by atoms with Crippen LogP contribution in [-0.2, 0) is 4.74 Å². The van der Waals surface area contributed by atoms with E-state index in [-0.39, 0.29) is 11.7 Å². The van der Waals surface area contributed by atoms with Crippen molar-refractivity contribution in [2.24, 2.45) is 0 Å². The summed E-state index contributed by atoms with van der Waals surface area (Å²) in [7, 11) is 0. The number of hydrogen-bond donors (Lipinski definition) is 2. The third-order valence-corrected chi connectivity index (χ3v) is 4.76. The largest absolute Gasteiger partial charge is 0.462 e. The maximum atomic E-state index is 12.5. The van der Waals surface area contributed by atoms with Crippen molar-refractivity contribution >= 4 is 34.0 Å². The quantitative estimate of drug-likeness (QED) is 0.638. The minimum atomic E-state index is -0.397. The minimum Gasteiger partial charge on any atom is -0.462 e. The van der Waals surface area contributed by atoms with E-state index in [9.17, 15) is 14.4 Å². The molecule has 7 heteroatoms. The van der Waals surface area contributed by atoms with Crippen LogP contribution in [0.3, 0.4) is 0 Å². The van der Waals surface area contributed by atoms with Gasteiger partial charge in [-0.2, -0.15) is 0 Å². The van der Waals surface area contributed by atoms with Crippen LogP contribution >= 0.6 is 11.3 Å². The first-order valence-corrected chi connectivity index (χ1v) is 8.36. The van der Waals surface area contributed by atoms with Crippen molar-refractivity contribution in [2.45, 2.75) is 34.6 Å². The van der Waals surface area contributed by atoms with Crippen molar-refractivity contribution in [1.82, 2.24) is 4.98 Å². The summed E-state index contributed by atoms with van der Waals surface area (Å²) in [6.45, 7) is 8.79. The van der Waals surface area contributed by atoms with Gasteiger partial charge in [0, 0.05) is 11.3 Å². The van der Waals surface area contributed by atoms with Gasteiger partial charge in [-0.05, 0) is 51.8 Å². The molecule has 2 N–H and O–H groups in total. The molecule has 0 saturated heterocycles. The van der Waals surface area contributed by atoms with Crippen molar-refractivity contribution in [3.05, 3.63) is 39.0 Å². The maximum absolute atomic E-state index is 12.5. The normalized spacial score (nSPS) is 10.5. The van der Waals surface area contributed by atoms with Crippen molar-refractivity contribution in [2.75, 3.05) is 11.9 Å². The Bertz CT molecular complexity index is 817. The molecule has 0 spiro atoms. The number of ketones is 1. The highest BCUT2D eigenvalue weighted by atomic mass is 32.1. The van der Waals surface area contributed by atoms with E-state index in [0.29, 0.717) is 39.0 Å². The number of hydrogen-bond acceptors (Lipinski definition) is 5. The Morgan fingerprint density at radius 1 is 1.25 bits per heavy atom. The lowest BCUT2D eigenvalue weighted by molar-refractivity contribution is 0.0531. The monoisotopic (exact) mass is 348 g/mol. The topological polar surface area (TPSA) is 88.3 Å². The molecule has 0 aliphatic rings. The molecule has 0 aromatic carbocycles. The Morgan fingerprint density at radius 3 is 2.46 bits per heavy atom. The van der Waals surface area contributed by atoms with Crippen molar-refractivity contribution in [3.63, 3.8) is 0 Å². The average Bonchev–Trinajstić information content (AvgIpc) is 2.99. The van der Waals surface area contributed by atoms with Crippen LogP contribution < -0.4 is 5.32 Å². The lowest BCUT2D eigenvalue weighted by atomic mass is 10.1. The number of aromatic nitrogens is 1. The number of Topliss-reactive ketones (excluding diaryl/α,β-unsaturated/α-hetero) is 1. The van der Waals surface area contributed by atoms with Gasteiger partial charge in [0.05, 0.1) is 11.6 Å². The smallest absolute Gasteiger partial charge is 0.348 e. The highest BCUT2D eigenvalue weighted by Gasteiger charge is 2.21. The zero-order valence-electron chi connectivity index (χ0n) is 14.3. The number of anilines is 1. The lowest BCUT2D eigenvalue weighted by Crippen LogP contribution is -2.13. The standard InChI is InChI=1S/C17H20N2O4S/c1-6-23-17(22)15-8(2)7-12(24-15)19-16(21)14-9(3)13(11(5)20)10(4)18-14/h7,18H,6H2,1-5H3,(H,19,21). The van der Waals surface area contributed by atoms with Crippen LogP contribution in [0.15, 0.2) is 6.07 Å². The Kier molecular flexibility index (Phi) is 5.23. The second-order valence-corrected chi connectivity index (χ2v) is 6.53. The number of aryl methyl sites for hydroxylation is 2. The number of H-pyrrole nitrogens is 1. The molecule has 2 aromatic heterocycles. The van der Waals surface area contributed by atoms with Crippen LogP contribution in [-0.4, -0.2) is 29.3 Å². The van der Waals surface area contributed by atoms with E-state index in [4.69, 9.17) is 4.74 Å². The summed E-state index contributed by atoms with van der Waals surface area (Å²) < 4.78 is 4.99. The van der Waals surface area contributed by atoms with Gasteiger partial charge in [0.2, 0.25) is 0 Å². The number of nitrogens with one attached hydrogen (secondary N) is 2. The van der Waals surface area contributed by atoms with E-state index < -0.39 is 5.97 Å². The van der Waals surface area contributed by atoms with E-state index in [2.05, 4.69) is 10.3 Å². The predicted molar refractivity (Wildman–Crippen MR) is 93.2 cm³/mol. The second-order valence-electron chi connectivity index (χ2n) is 5.48. The van der Waals surface area contributed by atoms with Crippen molar-refractivity contribution in [1.29, 1.82) is 0 Å². The van der Waals surface area contributed by atoms with Crippen LogP contribution in [0.5, 0.6) is 0 Å². The molecule has 0 aliphatic carbocycles. The lowest BCUT2D eigenvalue weighted by Gasteiger charge is -2.02. The number of ether oxygens (including phenoxy) is 1. The molecular formula is C17H20N2O4S. The molecule has 2 rings (SSSR count). The van der Waals surface area contributed by atoms with E-state index in [1.54, 1.807) is 33.8 Å². The summed E-state index contributed by atoms with van der Waals surface area (Å²) in [6, 6.07) is 1.73. The van der Waals surface area contributed by atoms with Gasteiger partial charge in [-0.3, -0.25) is 9.59 Å². The average molecular weight is 348 g/mol. The van der Waals surface area contributed by atoms with E-state index >= 15 is 0 Å². The molecule has 6 nitrogen and oxygen atoms in total. The molecule has 0 aliphatic heterocycles. The number of carbonyl (C=O) groups excluding carboxylic acids is 3. The summed E-state index contributed by atoms with van der Waals surface area (Å²) in [5.74, 6) is -0.831. The summed E-state index contributed by atoms with van der Waals surface area (Å²) in [6.07, 6.45) is 0. The van der Waals surface area contributed by atoms with Gasteiger partial charge in [0.25, 0.3) is 5.91 Å². The van der Waals surface area contributed by atoms with Crippen LogP contribution in [0.4, 0.5) is 5.00 Å². The first-order chi connectivity index (χ1) is 11.3. The van der Waals surface area contributed by atoms with Gasteiger partial charge in [-0.25, -0.2) is 4.79 Å². The Hall–Kier alpha value is -2.41. The number of rotatable bonds is 5. The SMILES string of the molecule is CCOC(=O)c1sc(NC(=O)c2[nH]c(C)c(C(C)=O)c2C)cc1C. The molecular weight excluding hydrogens is 328 g/mol. The molecule has 2 aromatic rings. The molecule has 0 fully saturated rings. The van der Waals surface area contributed by atoms with Crippen LogP contribution in [0.1, 0.15) is 61.2 Å². The fourth-order valence-electron chi connectivity index (χ4n) is 2.62. The first-order valence-electron chi connectivity index (χ1n) is 7.55. The van der Waals surface area contributed by atoms with Crippen molar-refractivity contribution in [3.8, 4) is 0 Å². The molecule has 2 heterocycles. The fourth-order valence-corrected chi connectivity index (χ4v) is 3.58. The minimum absolute atomic E-state index is 0.0862. The van der Waals surface area contributed by atoms with E-state index in [1.807, 2.05) is 0 Å². The summed E-state index contributed by atoms with van der Waals surface area (Å²) in [4.78, 5) is 39.4. The van der Waals surface area contributed by atoms with Gasteiger partial charge in [0.1, 0.15) is 10.6 Å². The first kappa shape index (κ1) is 17.9. The number of thiophene rings is 1. The summed E-state index contributed by atoms with van der Waals surface area (Å²) in [5.41, 5.74) is 2.92. The molecule has 0 atom stereocenters. The second kappa shape index (κ2) is 7.00. The molecule has 128 valence electrons. The Labute approximate surface area is 144 Å². The Morgan fingerprint density at radius 2 is 1.92 bits per heavy atom. The van der Waals surface area contributed by atoms with Crippen LogP contribution in [0.25, 0.3) is 0 Å². The molecule has 0 saturated carbocycles. The number of carbonyl (C=O) groups is 3. The molecule has 0 unspecified atom stereocenters. The van der Waals surface area contributed by atoms with Gasteiger partial charge in [-0.15, -0.1) is 11.3 Å². The van der Waals surface area contributed by atoms with Gasteiger partial charge in [0.15, 0.2) is 5.78 Å².